The molecule has 2 unspecified atom stereocenters. The molecule has 1 saturated carbocycles. The molecule has 0 aromatic heterocycles. The van der Waals surface area contributed by atoms with Crippen molar-refractivity contribution in [1.82, 2.24) is 4.90 Å². The Labute approximate surface area is 119 Å². The van der Waals surface area contributed by atoms with E-state index in [1.54, 1.807) is 0 Å². The molecule has 0 radical (unpaired) electrons. The van der Waals surface area contributed by atoms with E-state index >= 15 is 0 Å². The largest absolute Gasteiger partial charge is 0.486 e. The first-order chi connectivity index (χ1) is 9.79. The third-order valence-corrected chi connectivity index (χ3v) is 5.00. The topological polar surface area (TPSA) is 47.7 Å². The maximum atomic E-state index is 6.18. The lowest BCUT2D eigenvalue weighted by atomic mass is 10.0. The molecule has 4 rings (SSSR count). The number of fused-ring (bicyclic) bond motifs is 2. The predicted octanol–water partition coefficient (Wildman–Crippen LogP) is 2.27. The highest BCUT2D eigenvalue weighted by molar-refractivity contribution is 5.58. The Bertz CT molecular complexity index is 505. The summed E-state index contributed by atoms with van der Waals surface area (Å²) in [4.78, 5) is 2.55. The standard InChI is InChI=1S/C16H22N2O2/c17-14-7-16-15(19-4-5-20-16)6-13(14)10-18-8-11-2-1-3-12(11)9-18/h6-7,11-12H,1-5,8-10,17H2. The van der Waals surface area contributed by atoms with E-state index in [9.17, 15) is 0 Å². The second kappa shape index (κ2) is 4.85. The predicted molar refractivity (Wildman–Crippen MR) is 78.0 cm³/mol. The first kappa shape index (κ1) is 12.3. The SMILES string of the molecule is Nc1cc2c(cc1CN1CC3CCCC3C1)OCCO2. The Morgan fingerprint density at radius 3 is 2.40 bits per heavy atom. The summed E-state index contributed by atoms with van der Waals surface area (Å²) in [6.45, 7) is 4.65. The van der Waals surface area contributed by atoms with E-state index < -0.39 is 0 Å². The first-order valence-corrected chi connectivity index (χ1v) is 7.70. The zero-order valence-corrected chi connectivity index (χ0v) is 11.8. The fraction of sp³-hybridized carbons (Fsp3) is 0.625. The normalized spacial score (nSPS) is 28.6. The summed E-state index contributed by atoms with van der Waals surface area (Å²) < 4.78 is 11.2. The van der Waals surface area contributed by atoms with Crippen LogP contribution >= 0.6 is 0 Å². The summed E-state index contributed by atoms with van der Waals surface area (Å²) in [5, 5.41) is 0. The van der Waals surface area contributed by atoms with Gasteiger partial charge in [-0.2, -0.15) is 0 Å². The van der Waals surface area contributed by atoms with E-state index in [1.807, 2.05) is 6.07 Å². The van der Waals surface area contributed by atoms with Gasteiger partial charge in [0.25, 0.3) is 0 Å². The summed E-state index contributed by atoms with van der Waals surface area (Å²) in [5.74, 6) is 3.48. The van der Waals surface area contributed by atoms with Crippen LogP contribution < -0.4 is 15.2 Å². The molecule has 1 aliphatic carbocycles. The van der Waals surface area contributed by atoms with Gasteiger partial charge in [-0.25, -0.2) is 0 Å². The van der Waals surface area contributed by atoms with Crippen molar-refractivity contribution < 1.29 is 9.47 Å². The van der Waals surface area contributed by atoms with Gasteiger partial charge in [-0.05, 0) is 36.3 Å². The van der Waals surface area contributed by atoms with Crippen LogP contribution in [0.15, 0.2) is 12.1 Å². The lowest BCUT2D eigenvalue weighted by molar-refractivity contribution is 0.171. The number of hydrogen-bond donors (Lipinski definition) is 1. The van der Waals surface area contributed by atoms with Crippen LogP contribution in [0.4, 0.5) is 5.69 Å². The van der Waals surface area contributed by atoms with Crippen molar-refractivity contribution in [1.29, 1.82) is 0 Å². The van der Waals surface area contributed by atoms with Crippen molar-refractivity contribution in [2.24, 2.45) is 11.8 Å². The van der Waals surface area contributed by atoms with E-state index in [-0.39, 0.29) is 0 Å². The van der Waals surface area contributed by atoms with Crippen molar-refractivity contribution in [2.45, 2.75) is 25.8 Å². The van der Waals surface area contributed by atoms with Gasteiger partial charge in [-0.3, -0.25) is 4.90 Å². The van der Waals surface area contributed by atoms with Gasteiger partial charge in [0, 0.05) is 31.4 Å². The van der Waals surface area contributed by atoms with Crippen LogP contribution in [0.5, 0.6) is 11.5 Å². The molecule has 20 heavy (non-hydrogen) atoms. The number of anilines is 1. The summed E-state index contributed by atoms with van der Waals surface area (Å²) >= 11 is 0. The minimum Gasteiger partial charge on any atom is -0.486 e. The van der Waals surface area contributed by atoms with Crippen LogP contribution in [0, 0.1) is 11.8 Å². The Morgan fingerprint density at radius 2 is 1.70 bits per heavy atom. The van der Waals surface area contributed by atoms with Crippen molar-refractivity contribution in [3.05, 3.63) is 17.7 Å². The molecule has 2 atom stereocenters. The van der Waals surface area contributed by atoms with Crippen LogP contribution in [-0.2, 0) is 6.54 Å². The minimum absolute atomic E-state index is 0.612. The molecule has 2 N–H and O–H groups in total. The quantitative estimate of drug-likeness (QED) is 0.840. The van der Waals surface area contributed by atoms with Crippen molar-refractivity contribution in [2.75, 3.05) is 32.0 Å². The van der Waals surface area contributed by atoms with Crippen LogP contribution in [0.3, 0.4) is 0 Å². The summed E-state index contributed by atoms with van der Waals surface area (Å²) in [7, 11) is 0. The molecule has 2 fully saturated rings. The highest BCUT2D eigenvalue weighted by atomic mass is 16.6. The van der Waals surface area contributed by atoms with E-state index in [0.717, 1.165) is 35.6 Å². The number of rotatable bonds is 2. The third kappa shape index (κ3) is 2.12. The van der Waals surface area contributed by atoms with Crippen LogP contribution in [0.1, 0.15) is 24.8 Å². The van der Waals surface area contributed by atoms with E-state index in [2.05, 4.69) is 11.0 Å². The molecule has 2 heterocycles. The fourth-order valence-electron chi connectivity index (χ4n) is 3.99. The Hall–Kier alpha value is -1.42. The van der Waals surface area contributed by atoms with Gasteiger partial charge in [-0.15, -0.1) is 0 Å². The van der Waals surface area contributed by atoms with Gasteiger partial charge in [0.2, 0.25) is 0 Å². The number of nitrogen functional groups attached to an aromatic ring is 1. The molecule has 1 saturated heterocycles. The number of ether oxygens (including phenoxy) is 2. The number of likely N-dealkylation sites (tertiary alicyclic amines) is 1. The summed E-state index contributed by atoms with van der Waals surface area (Å²) in [6, 6.07) is 3.98. The van der Waals surface area contributed by atoms with Crippen molar-refractivity contribution >= 4 is 5.69 Å². The van der Waals surface area contributed by atoms with Gasteiger partial charge in [0.1, 0.15) is 13.2 Å². The minimum atomic E-state index is 0.612. The molecule has 108 valence electrons. The monoisotopic (exact) mass is 274 g/mol. The molecule has 0 amide bonds. The van der Waals surface area contributed by atoms with Gasteiger partial charge in [-0.1, -0.05) is 6.42 Å². The zero-order valence-electron chi connectivity index (χ0n) is 11.8. The molecule has 3 aliphatic rings. The molecule has 0 spiro atoms. The first-order valence-electron chi connectivity index (χ1n) is 7.70. The second-order valence-electron chi connectivity index (χ2n) is 6.34. The number of nitrogens with two attached hydrogens (primary N) is 1. The van der Waals surface area contributed by atoms with E-state index in [0.29, 0.717) is 13.2 Å². The molecular weight excluding hydrogens is 252 g/mol. The maximum Gasteiger partial charge on any atom is 0.163 e. The average molecular weight is 274 g/mol. The number of hydrogen-bond acceptors (Lipinski definition) is 4. The third-order valence-electron chi connectivity index (χ3n) is 5.00. The Kier molecular flexibility index (Phi) is 2.99. The van der Waals surface area contributed by atoms with E-state index in [4.69, 9.17) is 15.2 Å². The second-order valence-corrected chi connectivity index (χ2v) is 6.34. The molecule has 0 bridgehead atoms. The van der Waals surface area contributed by atoms with Crippen LogP contribution in [-0.4, -0.2) is 31.2 Å². The number of nitrogens with zero attached hydrogens (tertiary/aromatic N) is 1. The number of benzene rings is 1. The van der Waals surface area contributed by atoms with Crippen molar-refractivity contribution in [3.63, 3.8) is 0 Å². The lowest BCUT2D eigenvalue weighted by Crippen LogP contribution is -2.22. The summed E-state index contributed by atoms with van der Waals surface area (Å²) in [6.07, 6.45) is 4.25. The smallest absolute Gasteiger partial charge is 0.163 e. The maximum absolute atomic E-state index is 6.18. The zero-order chi connectivity index (χ0) is 13.5. The Balaban J connectivity index is 1.51. The van der Waals surface area contributed by atoms with Gasteiger partial charge in [0.15, 0.2) is 11.5 Å². The average Bonchev–Trinajstić information content (AvgIpc) is 3.00. The molecule has 4 heteroatoms. The molecule has 2 aliphatic heterocycles. The lowest BCUT2D eigenvalue weighted by Gasteiger charge is -2.22. The van der Waals surface area contributed by atoms with Crippen LogP contribution in [0.2, 0.25) is 0 Å². The molecule has 4 nitrogen and oxygen atoms in total. The molecule has 1 aromatic rings. The van der Waals surface area contributed by atoms with Gasteiger partial charge < -0.3 is 15.2 Å². The van der Waals surface area contributed by atoms with Gasteiger partial charge >= 0.3 is 0 Å². The van der Waals surface area contributed by atoms with E-state index in [1.165, 1.54) is 37.9 Å². The Morgan fingerprint density at radius 1 is 1.05 bits per heavy atom. The highest BCUT2D eigenvalue weighted by Gasteiger charge is 2.36. The molecular formula is C16H22N2O2. The summed E-state index contributed by atoms with van der Waals surface area (Å²) in [5.41, 5.74) is 8.18. The molecule has 1 aromatic carbocycles. The van der Waals surface area contributed by atoms with Gasteiger partial charge in [0.05, 0.1) is 0 Å². The van der Waals surface area contributed by atoms with Crippen molar-refractivity contribution in [3.8, 4) is 11.5 Å². The fourth-order valence-corrected chi connectivity index (χ4v) is 3.99. The van der Waals surface area contributed by atoms with Crippen LogP contribution in [0.25, 0.3) is 0 Å². The highest BCUT2D eigenvalue weighted by Crippen LogP contribution is 2.40.